The van der Waals surface area contributed by atoms with E-state index in [1.807, 2.05) is 0 Å². The molecule has 2 N–H and O–H groups in total. The first-order valence-corrected chi connectivity index (χ1v) is 26.5. The van der Waals surface area contributed by atoms with Crippen molar-refractivity contribution in [3.05, 3.63) is 69.8 Å². The van der Waals surface area contributed by atoms with Crippen LogP contribution < -0.4 is 29.5 Å². The van der Waals surface area contributed by atoms with E-state index in [1.54, 1.807) is 18.2 Å². The third-order valence-corrected chi connectivity index (χ3v) is 16.7. The Labute approximate surface area is 389 Å². The molecule has 0 aliphatic carbocycles. The van der Waals surface area contributed by atoms with E-state index < -0.39 is 164 Å². The van der Waals surface area contributed by atoms with Crippen molar-refractivity contribution in [2.45, 2.75) is 46.7 Å². The SMILES string of the molecule is Fc1ccc([I+]CC(F)(F)F)cc1.Fc1ccccc1.O=C(OI(CC(F)(F)F)OC(=O)C(F)(F)F)C(F)(F)F.O=S(=O)(NS(=O)(=O)C(F)(F)F)C(F)(F)F.O=S(=O)(NS(=O)(=O)C(F)(F)F)C(F)(F)F. The number of rotatable bonds is 9. The smallest absolute Gasteiger partial charge is 0.202 e. The Bertz CT molecular complexity index is 2220. The molecule has 0 fully saturated rings. The van der Waals surface area contributed by atoms with Crippen molar-refractivity contribution in [2.24, 2.45) is 0 Å². The monoisotopic (exact) mass is 1400 g/mol. The van der Waals surface area contributed by atoms with Crippen LogP contribution in [0, 0.1) is 15.2 Å². The van der Waals surface area contributed by atoms with Crippen molar-refractivity contribution in [2.75, 3.05) is 8.86 Å². The first kappa shape index (κ1) is 71.0. The molecular weight excluding hydrogens is 1380 g/mol. The molecule has 46 heteroatoms. The van der Waals surface area contributed by atoms with E-state index in [0.29, 0.717) is 3.57 Å². The fourth-order valence-corrected chi connectivity index (χ4v) is 10.1. The Morgan fingerprint density at radius 3 is 0.914 bits per heavy atom. The largest absolute Gasteiger partial charge is 0.512 e. The van der Waals surface area contributed by atoms with Crippen LogP contribution in [0.1, 0.15) is 0 Å². The molecule has 14 nitrogen and oxygen atoms in total. The maximum Gasteiger partial charge on any atom is 0.512 e. The maximum absolute atomic E-state index is 12.4. The molecule has 412 valence electrons. The zero-order valence-corrected chi connectivity index (χ0v) is 38.8. The van der Waals surface area contributed by atoms with Crippen LogP contribution in [0.4, 0.5) is 114 Å². The molecule has 0 radical (unpaired) electrons. The number of carbonyl (C=O) groups excluding carboxylic acids is 2. The van der Waals surface area contributed by atoms with Gasteiger partial charge < -0.3 is 0 Å². The minimum Gasteiger partial charge on any atom is -0.202 e. The number of sulfonamides is 4. The maximum atomic E-state index is 12.4. The predicted octanol–water partition coefficient (Wildman–Crippen LogP) is 5.12. The van der Waals surface area contributed by atoms with Crippen LogP contribution in [0.5, 0.6) is 0 Å². The van der Waals surface area contributed by atoms with Gasteiger partial charge in [-0.05, 0) is 36.4 Å². The Kier molecular flexibility index (Phi) is 26.5. The number of hydrogen-bond donors (Lipinski definition) is 2. The summed E-state index contributed by atoms with van der Waals surface area (Å²) < 4.78 is 386. The predicted molar refractivity (Wildman–Crippen MR) is 178 cm³/mol. The molecule has 0 aliphatic rings. The van der Waals surface area contributed by atoms with Gasteiger partial charge in [-0.1, -0.05) is 26.5 Å². The molecule has 0 bridgehead atoms. The summed E-state index contributed by atoms with van der Waals surface area (Å²) in [7, 11) is -26.4. The van der Waals surface area contributed by atoms with Crippen LogP contribution in [-0.2, 0) is 55.8 Å². The van der Waals surface area contributed by atoms with Crippen LogP contribution in [-0.4, -0.2) is 101 Å². The van der Waals surface area contributed by atoms with Gasteiger partial charge in [0.1, 0.15) is 11.6 Å². The zero-order valence-electron chi connectivity index (χ0n) is 31.2. The Morgan fingerprint density at radius 2 is 0.714 bits per heavy atom. The van der Waals surface area contributed by atoms with E-state index in [1.165, 1.54) is 36.4 Å². The molecule has 0 atom stereocenters. The molecule has 2 aromatic carbocycles. The second-order valence-electron chi connectivity index (χ2n) is 10.3. The summed E-state index contributed by atoms with van der Waals surface area (Å²) in [5.41, 5.74) is -24.6. The van der Waals surface area contributed by atoms with Gasteiger partial charge in [-0.2, -0.15) is 65.9 Å². The van der Waals surface area contributed by atoms with Gasteiger partial charge in [0.2, 0.25) is 4.43 Å². The standard InChI is InChI=1S/C8H6F4I.C6H2F9IO4.C6H5F.2C2HF6NO4S2/c9-6-1-3-7(4-2-6)13-5-8(10,11)12;7-4(8,9)1-16(19-2(17)5(10,11)12)20-3(18)6(13,14)15;7-6-4-2-1-3-5-6;2*3-1(4,5)14(10,11)9-15(12,13)2(6,7)8/h1-4H,5H2;1H2;1-5H;2*9H/q+1;;;;. The normalized spacial score (nSPS) is 13.5. The van der Waals surface area contributed by atoms with Gasteiger partial charge >= 0.3 is 200 Å². The zero-order chi connectivity index (χ0) is 56.8. The molecule has 0 aromatic heterocycles. The van der Waals surface area contributed by atoms with Gasteiger partial charge in [0.15, 0.2) is 3.57 Å². The first-order valence-electron chi connectivity index (χ1n) is 14.7. The van der Waals surface area contributed by atoms with Crippen molar-refractivity contribution < 1.29 is 185 Å². The molecule has 0 spiro atoms. The quantitative estimate of drug-likeness (QED) is 0.190. The van der Waals surface area contributed by atoms with E-state index >= 15 is 0 Å². The van der Waals surface area contributed by atoms with Gasteiger partial charge in [-0.3, -0.25) is 0 Å². The molecule has 0 saturated heterocycles. The molecule has 0 unspecified atom stereocenters. The number of halogens is 28. The van der Waals surface area contributed by atoms with E-state index in [-0.39, 0.29) is 5.82 Å². The van der Waals surface area contributed by atoms with Gasteiger partial charge in [0.25, 0.3) is 0 Å². The Hall–Kier alpha value is -3.26. The summed E-state index contributed by atoms with van der Waals surface area (Å²) in [5, 5.41) is 0. The summed E-state index contributed by atoms with van der Waals surface area (Å²) in [6, 6.07) is 13.1. The fraction of sp³-hybridized carbons (Fsp3) is 0.417. The Morgan fingerprint density at radius 1 is 0.443 bits per heavy atom. The van der Waals surface area contributed by atoms with Crippen molar-refractivity contribution in [1.29, 1.82) is 0 Å². The minimum absolute atomic E-state index is 0.178. The molecule has 2 rings (SSSR count). The number of benzene rings is 2. The first-order chi connectivity index (χ1) is 30.4. The summed E-state index contributed by atoms with van der Waals surface area (Å²) >= 11 is -6.20. The average molecular weight is 1400 g/mol. The minimum atomic E-state index is -6.60. The number of carbonyl (C=O) groups is 2. The summed E-state index contributed by atoms with van der Waals surface area (Å²) in [5.74, 6) is -6.92. The van der Waals surface area contributed by atoms with Crippen molar-refractivity contribution in [3.63, 3.8) is 0 Å². The van der Waals surface area contributed by atoms with Gasteiger partial charge in [-0.25, -0.2) is 42.5 Å². The van der Waals surface area contributed by atoms with E-state index in [0.717, 1.165) is 0 Å². The number of nitrogens with one attached hydrogen (secondary N) is 2. The second-order valence-corrected chi connectivity index (χ2v) is 23.6. The van der Waals surface area contributed by atoms with Crippen molar-refractivity contribution >= 4 is 72.7 Å². The van der Waals surface area contributed by atoms with Gasteiger partial charge in [0, 0.05) is 0 Å². The second kappa shape index (κ2) is 26.1. The van der Waals surface area contributed by atoms with Crippen LogP contribution in [0.3, 0.4) is 0 Å². The molecule has 70 heavy (non-hydrogen) atoms. The molecule has 0 amide bonds. The van der Waals surface area contributed by atoms with Crippen molar-refractivity contribution in [3.8, 4) is 0 Å². The van der Waals surface area contributed by atoms with Crippen LogP contribution in [0.15, 0.2) is 54.6 Å². The molecule has 2 aromatic rings. The van der Waals surface area contributed by atoms with Crippen LogP contribution in [0.25, 0.3) is 0 Å². The van der Waals surface area contributed by atoms with Gasteiger partial charge in [-0.15, -0.1) is 0 Å². The third-order valence-electron chi connectivity index (χ3n) is 4.60. The third kappa shape index (κ3) is 29.9. The summed E-state index contributed by atoms with van der Waals surface area (Å²) in [6.45, 7) is 0. The van der Waals surface area contributed by atoms with Gasteiger partial charge in [0.05, 0.1) is 0 Å². The van der Waals surface area contributed by atoms with Crippen LogP contribution in [0.2, 0.25) is 0 Å². The summed E-state index contributed by atoms with van der Waals surface area (Å²) in [6.07, 6.45) is -20.8. The summed E-state index contributed by atoms with van der Waals surface area (Å²) in [4.78, 5) is 20.5. The van der Waals surface area contributed by atoms with E-state index in [2.05, 4.69) is 6.13 Å². The Balaban J connectivity index is -0.000000823. The number of hydrogen-bond acceptors (Lipinski definition) is 12. The molecule has 0 heterocycles. The topological polar surface area (TPSA) is 213 Å². The average Bonchev–Trinajstić information content (AvgIpc) is 3.08. The number of alkyl halides is 26. The molecule has 0 saturated carbocycles. The van der Waals surface area contributed by atoms with Crippen molar-refractivity contribution in [1.82, 2.24) is 8.25 Å². The molecular formula is C24H15F26I2N2O12S4+. The van der Waals surface area contributed by atoms with E-state index in [4.69, 9.17) is 0 Å². The van der Waals surface area contributed by atoms with E-state index in [9.17, 15) is 157 Å². The van der Waals surface area contributed by atoms with Crippen LogP contribution >= 0.6 is 20.6 Å². The fourth-order valence-electron chi connectivity index (χ4n) is 2.00. The molecule has 0 aliphatic heterocycles.